The molecule has 0 aliphatic rings. The standard InChI is InChI=1S/C15H10BrFO2/c16-11-3-1-9(2-4-11)15(18)14-8-10-7-12(17)5-6-13(10)19-14/h1-8,15,18H. The van der Waals surface area contributed by atoms with Crippen LogP contribution in [0.5, 0.6) is 0 Å². The van der Waals surface area contributed by atoms with E-state index in [2.05, 4.69) is 15.9 Å². The van der Waals surface area contributed by atoms with E-state index in [1.165, 1.54) is 12.1 Å². The lowest BCUT2D eigenvalue weighted by Gasteiger charge is -2.07. The average Bonchev–Trinajstić information content (AvgIpc) is 2.81. The molecule has 2 nitrogen and oxygen atoms in total. The van der Waals surface area contributed by atoms with Crippen molar-refractivity contribution in [3.8, 4) is 0 Å². The van der Waals surface area contributed by atoms with E-state index in [0.717, 1.165) is 10.0 Å². The van der Waals surface area contributed by atoms with Crippen molar-refractivity contribution in [1.29, 1.82) is 0 Å². The molecular formula is C15H10BrFO2. The van der Waals surface area contributed by atoms with Crippen molar-refractivity contribution >= 4 is 26.9 Å². The van der Waals surface area contributed by atoms with Crippen molar-refractivity contribution in [1.82, 2.24) is 0 Å². The summed E-state index contributed by atoms with van der Waals surface area (Å²) in [7, 11) is 0. The second-order valence-electron chi connectivity index (χ2n) is 4.29. The third-order valence-electron chi connectivity index (χ3n) is 2.95. The van der Waals surface area contributed by atoms with Crippen LogP contribution < -0.4 is 0 Å². The van der Waals surface area contributed by atoms with Gasteiger partial charge in [0.15, 0.2) is 0 Å². The van der Waals surface area contributed by atoms with Gasteiger partial charge in [0, 0.05) is 9.86 Å². The molecule has 0 aliphatic heterocycles. The molecule has 1 aromatic heterocycles. The van der Waals surface area contributed by atoms with Crippen LogP contribution in [0.2, 0.25) is 0 Å². The quantitative estimate of drug-likeness (QED) is 0.758. The molecule has 0 bridgehead atoms. The zero-order valence-electron chi connectivity index (χ0n) is 9.81. The van der Waals surface area contributed by atoms with Gasteiger partial charge in [-0.1, -0.05) is 28.1 Å². The summed E-state index contributed by atoms with van der Waals surface area (Å²) >= 11 is 3.34. The first-order chi connectivity index (χ1) is 9.13. The molecule has 2 aromatic carbocycles. The van der Waals surface area contributed by atoms with Crippen LogP contribution >= 0.6 is 15.9 Å². The Bertz CT molecular complexity index is 719. The third-order valence-corrected chi connectivity index (χ3v) is 3.48. The first-order valence-electron chi connectivity index (χ1n) is 5.76. The predicted molar refractivity (Wildman–Crippen MR) is 74.4 cm³/mol. The van der Waals surface area contributed by atoms with Gasteiger partial charge in [0.2, 0.25) is 0 Å². The highest BCUT2D eigenvalue weighted by Gasteiger charge is 2.15. The molecule has 0 saturated heterocycles. The number of aliphatic hydroxyl groups is 1. The Morgan fingerprint density at radius 3 is 2.53 bits per heavy atom. The lowest BCUT2D eigenvalue weighted by molar-refractivity contribution is 0.192. The van der Waals surface area contributed by atoms with Crippen LogP contribution in [-0.2, 0) is 0 Å². The van der Waals surface area contributed by atoms with Gasteiger partial charge in [0.1, 0.15) is 23.3 Å². The summed E-state index contributed by atoms with van der Waals surface area (Å²) in [5.41, 5.74) is 1.29. The van der Waals surface area contributed by atoms with E-state index in [0.29, 0.717) is 16.7 Å². The Hall–Kier alpha value is -1.65. The lowest BCUT2D eigenvalue weighted by Crippen LogP contribution is -1.97. The molecule has 0 aliphatic carbocycles. The van der Waals surface area contributed by atoms with E-state index >= 15 is 0 Å². The molecule has 1 heterocycles. The molecule has 0 radical (unpaired) electrons. The fourth-order valence-corrected chi connectivity index (χ4v) is 2.24. The van der Waals surface area contributed by atoms with E-state index in [1.54, 1.807) is 12.1 Å². The SMILES string of the molecule is OC(c1ccc(Br)cc1)c1cc2cc(F)ccc2o1. The van der Waals surface area contributed by atoms with E-state index in [1.807, 2.05) is 24.3 Å². The van der Waals surface area contributed by atoms with Crippen LogP contribution in [0.4, 0.5) is 4.39 Å². The zero-order valence-corrected chi connectivity index (χ0v) is 11.4. The lowest BCUT2D eigenvalue weighted by atomic mass is 10.1. The van der Waals surface area contributed by atoms with Crippen molar-refractivity contribution in [2.75, 3.05) is 0 Å². The van der Waals surface area contributed by atoms with Gasteiger partial charge in [-0.2, -0.15) is 0 Å². The van der Waals surface area contributed by atoms with Gasteiger partial charge in [-0.25, -0.2) is 4.39 Å². The minimum absolute atomic E-state index is 0.321. The number of furan rings is 1. The minimum Gasteiger partial charge on any atom is -0.458 e. The van der Waals surface area contributed by atoms with Gasteiger partial charge in [-0.3, -0.25) is 0 Å². The normalized spacial score (nSPS) is 12.8. The highest BCUT2D eigenvalue weighted by atomic mass is 79.9. The smallest absolute Gasteiger partial charge is 0.138 e. The number of aliphatic hydroxyl groups excluding tert-OH is 1. The molecule has 19 heavy (non-hydrogen) atoms. The number of hydrogen-bond acceptors (Lipinski definition) is 2. The van der Waals surface area contributed by atoms with E-state index < -0.39 is 6.10 Å². The first-order valence-corrected chi connectivity index (χ1v) is 6.55. The molecule has 0 spiro atoms. The molecule has 1 atom stereocenters. The van der Waals surface area contributed by atoms with Gasteiger partial charge in [-0.15, -0.1) is 0 Å². The second-order valence-corrected chi connectivity index (χ2v) is 5.20. The Morgan fingerprint density at radius 1 is 1.05 bits per heavy atom. The molecule has 96 valence electrons. The molecular weight excluding hydrogens is 311 g/mol. The van der Waals surface area contributed by atoms with Gasteiger partial charge < -0.3 is 9.52 Å². The van der Waals surface area contributed by atoms with Crippen LogP contribution in [0.15, 0.2) is 57.4 Å². The van der Waals surface area contributed by atoms with E-state index in [-0.39, 0.29) is 5.82 Å². The Kier molecular flexibility index (Phi) is 3.12. The predicted octanol–water partition coefficient (Wildman–Crippen LogP) is 4.42. The molecule has 1 unspecified atom stereocenters. The van der Waals surface area contributed by atoms with E-state index in [9.17, 15) is 9.50 Å². The topological polar surface area (TPSA) is 33.4 Å². The number of fused-ring (bicyclic) bond motifs is 1. The highest BCUT2D eigenvalue weighted by Crippen LogP contribution is 2.29. The summed E-state index contributed by atoms with van der Waals surface area (Å²) < 4.78 is 19.6. The van der Waals surface area contributed by atoms with Gasteiger partial charge in [0.05, 0.1) is 0 Å². The largest absolute Gasteiger partial charge is 0.458 e. The van der Waals surface area contributed by atoms with Crippen molar-refractivity contribution in [2.45, 2.75) is 6.10 Å². The summed E-state index contributed by atoms with van der Waals surface area (Å²) in [6.07, 6.45) is -0.858. The summed E-state index contributed by atoms with van der Waals surface area (Å²) in [5, 5.41) is 10.9. The summed E-state index contributed by atoms with van der Waals surface area (Å²) in [4.78, 5) is 0. The van der Waals surface area contributed by atoms with Crippen molar-refractivity contribution < 1.29 is 13.9 Å². The van der Waals surface area contributed by atoms with Crippen molar-refractivity contribution in [3.63, 3.8) is 0 Å². The molecule has 4 heteroatoms. The summed E-state index contributed by atoms with van der Waals surface area (Å²) in [6.45, 7) is 0. The molecule has 0 saturated carbocycles. The molecule has 3 aromatic rings. The number of hydrogen-bond donors (Lipinski definition) is 1. The van der Waals surface area contributed by atoms with Gasteiger partial charge in [-0.05, 0) is 42.0 Å². The van der Waals surface area contributed by atoms with Crippen LogP contribution in [0.3, 0.4) is 0 Å². The maximum Gasteiger partial charge on any atom is 0.138 e. The maximum absolute atomic E-state index is 13.1. The summed E-state index contributed by atoms with van der Waals surface area (Å²) in [5.74, 6) is 0.0842. The highest BCUT2D eigenvalue weighted by molar-refractivity contribution is 9.10. The molecule has 3 rings (SSSR count). The maximum atomic E-state index is 13.1. The third kappa shape index (κ3) is 2.41. The fourth-order valence-electron chi connectivity index (χ4n) is 1.98. The van der Waals surface area contributed by atoms with E-state index in [4.69, 9.17) is 4.42 Å². The van der Waals surface area contributed by atoms with Gasteiger partial charge >= 0.3 is 0 Å². The number of halogens is 2. The molecule has 0 fully saturated rings. The fraction of sp³-hybridized carbons (Fsp3) is 0.0667. The van der Waals surface area contributed by atoms with Crippen molar-refractivity contribution in [2.24, 2.45) is 0 Å². The minimum atomic E-state index is -0.858. The molecule has 0 amide bonds. The second kappa shape index (κ2) is 4.79. The van der Waals surface area contributed by atoms with Crippen molar-refractivity contribution in [3.05, 3.63) is 70.1 Å². The summed E-state index contributed by atoms with van der Waals surface area (Å²) in [6, 6.07) is 13.2. The molecule has 1 N–H and O–H groups in total. The van der Waals surface area contributed by atoms with Crippen LogP contribution in [0.1, 0.15) is 17.4 Å². The Balaban J connectivity index is 2.01. The monoisotopic (exact) mass is 320 g/mol. The number of benzene rings is 2. The number of rotatable bonds is 2. The first kappa shape index (κ1) is 12.4. The zero-order chi connectivity index (χ0) is 13.4. The van der Waals surface area contributed by atoms with Crippen LogP contribution in [0.25, 0.3) is 11.0 Å². The Morgan fingerprint density at radius 2 is 1.79 bits per heavy atom. The average molecular weight is 321 g/mol. The Labute approximate surface area is 117 Å². The van der Waals surface area contributed by atoms with Crippen LogP contribution in [0, 0.1) is 5.82 Å². The van der Waals surface area contributed by atoms with Crippen LogP contribution in [-0.4, -0.2) is 5.11 Å². The van der Waals surface area contributed by atoms with Gasteiger partial charge in [0.25, 0.3) is 0 Å².